The lowest BCUT2D eigenvalue weighted by Gasteiger charge is -2.02. The van der Waals surface area contributed by atoms with Crippen molar-refractivity contribution in [3.05, 3.63) is 42.0 Å². The first-order chi connectivity index (χ1) is 6.68. The van der Waals surface area contributed by atoms with Gasteiger partial charge in [0.05, 0.1) is 0 Å². The number of pyridine rings is 1. The Morgan fingerprint density at radius 2 is 2.14 bits per heavy atom. The number of nitrogen functional groups attached to an aromatic ring is 1. The standard InChI is InChI=1S/C10H8FN3/c11-7-2-1-6-3-4-14-9(10(12)13)8(6)5-7/h1-5H,(H3,12,13). The highest BCUT2D eigenvalue weighted by atomic mass is 19.1. The van der Waals surface area contributed by atoms with E-state index in [1.54, 1.807) is 18.3 Å². The van der Waals surface area contributed by atoms with E-state index in [4.69, 9.17) is 11.1 Å². The average Bonchev–Trinajstić information content (AvgIpc) is 2.16. The van der Waals surface area contributed by atoms with Crippen LogP contribution in [0, 0.1) is 11.2 Å². The van der Waals surface area contributed by atoms with Crippen LogP contribution in [0.25, 0.3) is 10.8 Å². The summed E-state index contributed by atoms with van der Waals surface area (Å²) in [5.41, 5.74) is 5.65. The molecule has 0 saturated carbocycles. The van der Waals surface area contributed by atoms with Crippen molar-refractivity contribution < 1.29 is 4.39 Å². The second kappa shape index (κ2) is 3.06. The maximum atomic E-state index is 12.9. The summed E-state index contributed by atoms with van der Waals surface area (Å²) in [4.78, 5) is 3.93. The lowest BCUT2D eigenvalue weighted by molar-refractivity contribution is 0.629. The maximum absolute atomic E-state index is 12.9. The lowest BCUT2D eigenvalue weighted by Crippen LogP contribution is -2.13. The SMILES string of the molecule is N=C(N)c1nccc2ccc(F)cc12. The summed E-state index contributed by atoms with van der Waals surface area (Å²) in [6.07, 6.45) is 1.55. The van der Waals surface area contributed by atoms with Gasteiger partial charge in [-0.3, -0.25) is 10.4 Å². The van der Waals surface area contributed by atoms with Crippen molar-refractivity contribution in [2.75, 3.05) is 0 Å². The Morgan fingerprint density at radius 1 is 1.36 bits per heavy atom. The van der Waals surface area contributed by atoms with E-state index >= 15 is 0 Å². The molecule has 3 N–H and O–H groups in total. The number of nitrogens with two attached hydrogens (primary N) is 1. The molecule has 0 aliphatic heterocycles. The fourth-order valence-corrected chi connectivity index (χ4v) is 1.36. The van der Waals surface area contributed by atoms with Gasteiger partial charge in [-0.15, -0.1) is 0 Å². The smallest absolute Gasteiger partial charge is 0.142 e. The fourth-order valence-electron chi connectivity index (χ4n) is 1.36. The molecule has 3 nitrogen and oxygen atoms in total. The molecule has 0 amide bonds. The molecule has 1 aromatic heterocycles. The molecule has 1 heterocycles. The molecule has 0 bridgehead atoms. The Hall–Kier alpha value is -1.97. The molecule has 0 unspecified atom stereocenters. The first-order valence-corrected chi connectivity index (χ1v) is 4.07. The van der Waals surface area contributed by atoms with Crippen LogP contribution in [-0.2, 0) is 0 Å². The van der Waals surface area contributed by atoms with Crippen molar-refractivity contribution in [3.8, 4) is 0 Å². The van der Waals surface area contributed by atoms with Crippen LogP contribution in [0.4, 0.5) is 4.39 Å². The van der Waals surface area contributed by atoms with Gasteiger partial charge < -0.3 is 5.73 Å². The molecule has 0 aliphatic rings. The average molecular weight is 189 g/mol. The number of nitrogens with zero attached hydrogens (tertiary/aromatic N) is 1. The molecule has 2 aromatic rings. The number of hydrogen-bond donors (Lipinski definition) is 2. The summed E-state index contributed by atoms with van der Waals surface area (Å²) in [6.45, 7) is 0. The van der Waals surface area contributed by atoms with Crippen molar-refractivity contribution in [2.24, 2.45) is 5.73 Å². The number of nitrogens with one attached hydrogen (secondary N) is 1. The van der Waals surface area contributed by atoms with Crippen LogP contribution in [0.3, 0.4) is 0 Å². The maximum Gasteiger partial charge on any atom is 0.142 e. The normalized spacial score (nSPS) is 10.4. The number of aromatic nitrogens is 1. The second-order valence-corrected chi connectivity index (χ2v) is 2.94. The van der Waals surface area contributed by atoms with E-state index in [1.165, 1.54) is 12.1 Å². The van der Waals surface area contributed by atoms with E-state index in [0.29, 0.717) is 11.1 Å². The van der Waals surface area contributed by atoms with Gasteiger partial charge in [-0.05, 0) is 23.6 Å². The number of benzene rings is 1. The number of halogens is 1. The van der Waals surface area contributed by atoms with Gasteiger partial charge in [-0.1, -0.05) is 6.07 Å². The molecule has 0 atom stereocenters. The van der Waals surface area contributed by atoms with Gasteiger partial charge in [0.2, 0.25) is 0 Å². The second-order valence-electron chi connectivity index (χ2n) is 2.94. The highest BCUT2D eigenvalue weighted by molar-refractivity contribution is 6.05. The van der Waals surface area contributed by atoms with Crippen molar-refractivity contribution >= 4 is 16.6 Å². The zero-order valence-corrected chi connectivity index (χ0v) is 7.29. The third kappa shape index (κ3) is 1.31. The molecule has 4 heteroatoms. The third-order valence-corrected chi connectivity index (χ3v) is 1.98. The quantitative estimate of drug-likeness (QED) is 0.529. The van der Waals surface area contributed by atoms with Crippen LogP contribution in [0.2, 0.25) is 0 Å². The van der Waals surface area contributed by atoms with Crippen molar-refractivity contribution in [1.29, 1.82) is 5.41 Å². The lowest BCUT2D eigenvalue weighted by atomic mass is 10.1. The molecular formula is C10H8FN3. The molecule has 0 fully saturated rings. The van der Waals surface area contributed by atoms with E-state index in [0.717, 1.165) is 5.39 Å². The van der Waals surface area contributed by atoms with Gasteiger partial charge in [0.25, 0.3) is 0 Å². The predicted molar refractivity (Wildman–Crippen MR) is 52.7 cm³/mol. The molecular weight excluding hydrogens is 181 g/mol. The Labute approximate surface area is 79.9 Å². The first-order valence-electron chi connectivity index (χ1n) is 4.07. The number of hydrogen-bond acceptors (Lipinski definition) is 2. The van der Waals surface area contributed by atoms with Crippen molar-refractivity contribution in [2.45, 2.75) is 0 Å². The predicted octanol–water partition coefficient (Wildman–Crippen LogP) is 1.66. The van der Waals surface area contributed by atoms with Gasteiger partial charge in [-0.25, -0.2) is 4.39 Å². The van der Waals surface area contributed by atoms with E-state index in [-0.39, 0.29) is 11.7 Å². The minimum absolute atomic E-state index is 0.152. The van der Waals surface area contributed by atoms with Gasteiger partial charge in [0, 0.05) is 11.6 Å². The number of fused-ring (bicyclic) bond motifs is 1. The van der Waals surface area contributed by atoms with Gasteiger partial charge in [0.15, 0.2) is 0 Å². The van der Waals surface area contributed by atoms with E-state index in [9.17, 15) is 4.39 Å². The topological polar surface area (TPSA) is 62.8 Å². The zero-order valence-electron chi connectivity index (χ0n) is 7.29. The molecule has 70 valence electrons. The van der Waals surface area contributed by atoms with E-state index in [2.05, 4.69) is 4.98 Å². The summed E-state index contributed by atoms with van der Waals surface area (Å²) in [6, 6.07) is 6.09. The number of amidine groups is 1. The largest absolute Gasteiger partial charge is 0.382 e. The Morgan fingerprint density at radius 3 is 2.86 bits per heavy atom. The minimum atomic E-state index is -0.354. The first kappa shape index (κ1) is 8.62. The van der Waals surface area contributed by atoms with Crippen LogP contribution in [0.15, 0.2) is 30.5 Å². The van der Waals surface area contributed by atoms with Gasteiger partial charge >= 0.3 is 0 Å². The summed E-state index contributed by atoms with van der Waals surface area (Å²) in [7, 11) is 0. The molecule has 0 aliphatic carbocycles. The zero-order chi connectivity index (χ0) is 10.1. The van der Waals surface area contributed by atoms with E-state index < -0.39 is 0 Å². The Bertz CT molecular complexity index is 508. The molecule has 2 rings (SSSR count). The van der Waals surface area contributed by atoms with Gasteiger partial charge in [-0.2, -0.15) is 0 Å². The molecule has 1 aromatic carbocycles. The summed E-state index contributed by atoms with van der Waals surface area (Å²) < 4.78 is 12.9. The van der Waals surface area contributed by atoms with Crippen LogP contribution in [0.1, 0.15) is 5.69 Å². The van der Waals surface area contributed by atoms with Crippen LogP contribution in [-0.4, -0.2) is 10.8 Å². The summed E-state index contributed by atoms with van der Waals surface area (Å²) >= 11 is 0. The third-order valence-electron chi connectivity index (χ3n) is 1.98. The van der Waals surface area contributed by atoms with Crippen LogP contribution in [0.5, 0.6) is 0 Å². The monoisotopic (exact) mass is 189 g/mol. The summed E-state index contributed by atoms with van der Waals surface area (Å²) in [5, 5.41) is 8.68. The molecule has 14 heavy (non-hydrogen) atoms. The van der Waals surface area contributed by atoms with Crippen molar-refractivity contribution in [3.63, 3.8) is 0 Å². The van der Waals surface area contributed by atoms with Gasteiger partial charge in [0.1, 0.15) is 17.3 Å². The Kier molecular flexibility index (Phi) is 1.89. The highest BCUT2D eigenvalue weighted by Crippen LogP contribution is 2.17. The molecule has 0 radical (unpaired) electrons. The highest BCUT2D eigenvalue weighted by Gasteiger charge is 2.05. The van der Waals surface area contributed by atoms with E-state index in [1.807, 2.05) is 0 Å². The van der Waals surface area contributed by atoms with Crippen LogP contribution >= 0.6 is 0 Å². The Balaban J connectivity index is 2.84. The fraction of sp³-hybridized carbons (Fsp3) is 0. The van der Waals surface area contributed by atoms with Crippen LogP contribution < -0.4 is 5.73 Å². The number of rotatable bonds is 1. The minimum Gasteiger partial charge on any atom is -0.382 e. The molecule has 0 spiro atoms. The summed E-state index contributed by atoms with van der Waals surface area (Å²) in [5.74, 6) is -0.505. The molecule has 0 saturated heterocycles. The van der Waals surface area contributed by atoms with Crippen molar-refractivity contribution in [1.82, 2.24) is 4.98 Å².